The first kappa shape index (κ1) is 17.6. The fourth-order valence-corrected chi connectivity index (χ4v) is 3.22. The summed E-state index contributed by atoms with van der Waals surface area (Å²) in [6.45, 7) is 6.48. The zero-order valence-corrected chi connectivity index (χ0v) is 13.9. The quantitative estimate of drug-likeness (QED) is 0.577. The maximum absolute atomic E-state index is 13.1. The van der Waals surface area contributed by atoms with E-state index in [2.05, 4.69) is 20.8 Å². The molecule has 1 aromatic rings. The first-order chi connectivity index (χ1) is 10.9. The fourth-order valence-electron chi connectivity index (χ4n) is 3.22. The van der Waals surface area contributed by atoms with Crippen molar-refractivity contribution in [1.29, 1.82) is 0 Å². The van der Waals surface area contributed by atoms with Crippen molar-refractivity contribution < 1.29 is 18.3 Å². The maximum Gasteiger partial charge on any atom is 0.331 e. The monoisotopic (exact) mass is 322 g/mol. The summed E-state index contributed by atoms with van der Waals surface area (Å²) < 4.78 is 31.6. The van der Waals surface area contributed by atoms with Crippen molar-refractivity contribution in [3.8, 4) is 0 Å². The van der Waals surface area contributed by atoms with Gasteiger partial charge < -0.3 is 4.74 Å². The summed E-state index contributed by atoms with van der Waals surface area (Å²) in [5.74, 6) is -0.859. The predicted molar refractivity (Wildman–Crippen MR) is 86.6 cm³/mol. The van der Waals surface area contributed by atoms with Crippen LogP contribution in [-0.2, 0) is 9.53 Å². The Labute approximate surface area is 136 Å². The minimum atomic E-state index is -0.929. The van der Waals surface area contributed by atoms with E-state index >= 15 is 0 Å². The van der Waals surface area contributed by atoms with E-state index in [1.165, 1.54) is 24.6 Å². The highest BCUT2D eigenvalue weighted by molar-refractivity contribution is 5.87. The Hall–Kier alpha value is -1.71. The average Bonchev–Trinajstić information content (AvgIpc) is 2.48. The molecule has 1 fully saturated rings. The van der Waals surface area contributed by atoms with Crippen LogP contribution < -0.4 is 0 Å². The number of carbonyl (C=O) groups excluding carboxylic acids is 1. The molecule has 2 nitrogen and oxygen atoms in total. The highest BCUT2D eigenvalue weighted by Gasteiger charge is 2.32. The van der Waals surface area contributed by atoms with Crippen molar-refractivity contribution in [1.82, 2.24) is 0 Å². The van der Waals surface area contributed by atoms with Crippen molar-refractivity contribution in [2.24, 2.45) is 17.8 Å². The molecule has 2 rings (SSSR count). The van der Waals surface area contributed by atoms with Gasteiger partial charge in [0, 0.05) is 6.08 Å². The molecule has 0 aliphatic heterocycles. The zero-order chi connectivity index (χ0) is 17.0. The molecule has 1 saturated carbocycles. The van der Waals surface area contributed by atoms with Crippen LogP contribution in [0.5, 0.6) is 0 Å². The van der Waals surface area contributed by atoms with Crippen molar-refractivity contribution in [3.05, 3.63) is 41.5 Å². The lowest BCUT2D eigenvalue weighted by Crippen LogP contribution is -2.35. The highest BCUT2D eigenvalue weighted by atomic mass is 19.2. The highest BCUT2D eigenvalue weighted by Crippen LogP contribution is 2.35. The molecule has 0 N–H and O–H groups in total. The van der Waals surface area contributed by atoms with Crippen LogP contribution in [0.3, 0.4) is 0 Å². The van der Waals surface area contributed by atoms with Gasteiger partial charge >= 0.3 is 5.97 Å². The van der Waals surface area contributed by atoms with E-state index in [0.717, 1.165) is 25.0 Å². The van der Waals surface area contributed by atoms with E-state index in [-0.39, 0.29) is 6.10 Å². The Morgan fingerprint density at radius 2 is 2.00 bits per heavy atom. The van der Waals surface area contributed by atoms with Crippen molar-refractivity contribution in [2.45, 2.75) is 46.1 Å². The van der Waals surface area contributed by atoms with E-state index < -0.39 is 17.6 Å². The van der Waals surface area contributed by atoms with E-state index in [9.17, 15) is 13.6 Å². The van der Waals surface area contributed by atoms with Gasteiger partial charge in [0.1, 0.15) is 6.10 Å². The summed E-state index contributed by atoms with van der Waals surface area (Å²) >= 11 is 0. The number of benzene rings is 1. The van der Waals surface area contributed by atoms with Gasteiger partial charge in [-0.05, 0) is 54.4 Å². The second-order valence-electron chi connectivity index (χ2n) is 6.81. The molecular weight excluding hydrogens is 298 g/mol. The molecule has 23 heavy (non-hydrogen) atoms. The van der Waals surface area contributed by atoms with Crippen molar-refractivity contribution in [2.75, 3.05) is 0 Å². The van der Waals surface area contributed by atoms with Gasteiger partial charge in [-0.1, -0.05) is 33.3 Å². The van der Waals surface area contributed by atoms with Crippen LogP contribution in [0.4, 0.5) is 8.78 Å². The van der Waals surface area contributed by atoms with Crippen LogP contribution >= 0.6 is 0 Å². The Morgan fingerprint density at radius 1 is 1.26 bits per heavy atom. The second-order valence-corrected chi connectivity index (χ2v) is 6.81. The van der Waals surface area contributed by atoms with E-state index in [1.807, 2.05) is 0 Å². The summed E-state index contributed by atoms with van der Waals surface area (Å²) in [7, 11) is 0. The summed E-state index contributed by atoms with van der Waals surface area (Å²) in [5.41, 5.74) is 0.429. The zero-order valence-electron chi connectivity index (χ0n) is 13.9. The van der Waals surface area contributed by atoms with Gasteiger partial charge in [-0.15, -0.1) is 0 Å². The standard InChI is InChI=1S/C19H24F2O2/c1-12(2)15-7-4-13(3)10-18(15)23-19(22)9-6-14-5-8-16(20)17(21)11-14/h5-6,8-9,11-13,15,18H,4,7,10H2,1-3H3/b9-6+. The minimum Gasteiger partial charge on any atom is -0.459 e. The lowest BCUT2D eigenvalue weighted by molar-refractivity contribution is -0.149. The fraction of sp³-hybridized carbons (Fsp3) is 0.526. The summed E-state index contributed by atoms with van der Waals surface area (Å²) in [6, 6.07) is 3.51. The number of ether oxygens (including phenoxy) is 1. The molecule has 1 aromatic carbocycles. The lowest BCUT2D eigenvalue weighted by Gasteiger charge is -2.36. The molecule has 1 aliphatic rings. The van der Waals surface area contributed by atoms with Crippen LogP contribution in [0.1, 0.15) is 45.6 Å². The van der Waals surface area contributed by atoms with Crippen LogP contribution in [0.25, 0.3) is 6.08 Å². The Balaban J connectivity index is 1.99. The third-order valence-electron chi connectivity index (χ3n) is 4.58. The average molecular weight is 322 g/mol. The Morgan fingerprint density at radius 3 is 2.65 bits per heavy atom. The molecule has 0 aromatic heterocycles. The first-order valence-corrected chi connectivity index (χ1v) is 8.20. The van der Waals surface area contributed by atoms with E-state index in [4.69, 9.17) is 4.74 Å². The van der Waals surface area contributed by atoms with Gasteiger partial charge in [0.25, 0.3) is 0 Å². The van der Waals surface area contributed by atoms with Crippen LogP contribution in [-0.4, -0.2) is 12.1 Å². The lowest BCUT2D eigenvalue weighted by atomic mass is 9.75. The number of esters is 1. The van der Waals surface area contributed by atoms with E-state index in [1.54, 1.807) is 0 Å². The third-order valence-corrected chi connectivity index (χ3v) is 4.58. The number of rotatable bonds is 4. The summed E-state index contributed by atoms with van der Waals surface area (Å²) in [4.78, 5) is 12.0. The molecule has 3 atom stereocenters. The van der Waals surface area contributed by atoms with Gasteiger partial charge in [-0.2, -0.15) is 0 Å². The topological polar surface area (TPSA) is 26.3 Å². The van der Waals surface area contributed by atoms with Gasteiger partial charge in [-0.25, -0.2) is 13.6 Å². The molecule has 1 aliphatic carbocycles. The van der Waals surface area contributed by atoms with Crippen molar-refractivity contribution >= 4 is 12.0 Å². The van der Waals surface area contributed by atoms with Gasteiger partial charge in [-0.3, -0.25) is 0 Å². The molecule has 3 unspecified atom stereocenters. The number of hydrogen-bond donors (Lipinski definition) is 0. The predicted octanol–water partition coefficient (Wildman–Crippen LogP) is 4.98. The molecule has 4 heteroatoms. The second kappa shape index (κ2) is 7.71. The number of hydrogen-bond acceptors (Lipinski definition) is 2. The van der Waals surface area contributed by atoms with Gasteiger partial charge in [0.05, 0.1) is 0 Å². The molecule has 0 radical (unpaired) electrons. The van der Waals surface area contributed by atoms with Crippen LogP contribution in [0, 0.1) is 29.4 Å². The molecule has 0 heterocycles. The number of carbonyl (C=O) groups is 1. The smallest absolute Gasteiger partial charge is 0.331 e. The molecule has 0 spiro atoms. The number of halogens is 2. The summed E-state index contributed by atoms with van der Waals surface area (Å²) in [5, 5.41) is 0. The normalized spacial score (nSPS) is 25.0. The maximum atomic E-state index is 13.1. The minimum absolute atomic E-state index is 0.0687. The third kappa shape index (κ3) is 4.88. The van der Waals surface area contributed by atoms with Crippen molar-refractivity contribution in [3.63, 3.8) is 0 Å². The summed E-state index contributed by atoms with van der Waals surface area (Å²) in [6.07, 6.45) is 5.78. The molecule has 126 valence electrons. The van der Waals surface area contributed by atoms with Gasteiger partial charge in [0.2, 0.25) is 0 Å². The molecule has 0 bridgehead atoms. The van der Waals surface area contributed by atoms with Gasteiger partial charge in [0.15, 0.2) is 11.6 Å². The molecular formula is C19H24F2O2. The van der Waals surface area contributed by atoms with Crippen LogP contribution in [0.15, 0.2) is 24.3 Å². The largest absolute Gasteiger partial charge is 0.459 e. The first-order valence-electron chi connectivity index (χ1n) is 8.20. The molecule has 0 amide bonds. The Bertz CT molecular complexity index is 581. The van der Waals surface area contributed by atoms with Crippen LogP contribution in [0.2, 0.25) is 0 Å². The van der Waals surface area contributed by atoms with E-state index in [0.29, 0.717) is 23.3 Å². The molecule has 0 saturated heterocycles. The SMILES string of the molecule is CC1CCC(C(C)C)C(OC(=O)/C=C/c2ccc(F)c(F)c2)C1. The Kier molecular flexibility index (Phi) is 5.91.